The van der Waals surface area contributed by atoms with Crippen LogP contribution in [0.1, 0.15) is 30.9 Å². The Labute approximate surface area is 97.8 Å². The molecule has 1 N–H and O–H groups in total. The lowest BCUT2D eigenvalue weighted by atomic mass is 10.1. The average molecular weight is 226 g/mol. The van der Waals surface area contributed by atoms with Gasteiger partial charge in [-0.3, -0.25) is 0 Å². The first-order valence-electron chi connectivity index (χ1n) is 5.69. The van der Waals surface area contributed by atoms with E-state index in [1.807, 2.05) is 6.07 Å². The van der Waals surface area contributed by atoms with Gasteiger partial charge in [-0.1, -0.05) is 30.7 Å². The van der Waals surface area contributed by atoms with Gasteiger partial charge in [-0.15, -0.1) is 0 Å². The van der Waals surface area contributed by atoms with Gasteiger partial charge >= 0.3 is 0 Å². The second-order valence-electron chi connectivity index (χ2n) is 3.91. The van der Waals surface area contributed by atoms with Crippen LogP contribution >= 0.6 is 11.6 Å². The normalized spacial score (nSPS) is 10.6. The lowest BCUT2D eigenvalue weighted by Crippen LogP contribution is -2.13. The molecule has 15 heavy (non-hydrogen) atoms. The maximum atomic E-state index is 6.15. The van der Waals surface area contributed by atoms with E-state index >= 15 is 0 Å². The number of rotatable bonds is 6. The fraction of sp³-hybridized carbons (Fsp3) is 0.538. The van der Waals surface area contributed by atoms with E-state index in [1.165, 1.54) is 24.0 Å². The Kier molecular flexibility index (Phi) is 5.74. The summed E-state index contributed by atoms with van der Waals surface area (Å²) >= 11 is 6.15. The first-order chi connectivity index (χ1) is 7.24. The molecule has 0 spiro atoms. The number of hydrogen-bond donors (Lipinski definition) is 1. The van der Waals surface area contributed by atoms with Gasteiger partial charge in [-0.25, -0.2) is 0 Å². The van der Waals surface area contributed by atoms with Gasteiger partial charge in [-0.05, 0) is 56.5 Å². The van der Waals surface area contributed by atoms with Crippen LogP contribution in [0.4, 0.5) is 0 Å². The van der Waals surface area contributed by atoms with Gasteiger partial charge in [-0.2, -0.15) is 0 Å². The SMILES string of the molecule is CCNCCCCc1ccc(C)cc1Cl. The van der Waals surface area contributed by atoms with E-state index in [2.05, 4.69) is 31.3 Å². The second-order valence-corrected chi connectivity index (χ2v) is 4.31. The van der Waals surface area contributed by atoms with Crippen molar-refractivity contribution < 1.29 is 0 Å². The summed E-state index contributed by atoms with van der Waals surface area (Å²) in [5.41, 5.74) is 2.51. The molecule has 84 valence electrons. The summed E-state index contributed by atoms with van der Waals surface area (Å²) in [5.74, 6) is 0. The van der Waals surface area contributed by atoms with Crippen LogP contribution in [0.5, 0.6) is 0 Å². The number of aryl methyl sites for hydroxylation is 2. The molecular weight excluding hydrogens is 206 g/mol. The lowest BCUT2D eigenvalue weighted by Gasteiger charge is -2.05. The predicted molar refractivity (Wildman–Crippen MR) is 67.7 cm³/mol. The summed E-state index contributed by atoms with van der Waals surface area (Å²) in [6, 6.07) is 6.32. The van der Waals surface area contributed by atoms with E-state index in [1.54, 1.807) is 0 Å². The zero-order chi connectivity index (χ0) is 11.1. The van der Waals surface area contributed by atoms with Crippen LogP contribution in [0, 0.1) is 6.92 Å². The molecule has 2 heteroatoms. The lowest BCUT2D eigenvalue weighted by molar-refractivity contribution is 0.641. The third-order valence-corrected chi connectivity index (χ3v) is 2.86. The molecule has 0 radical (unpaired) electrons. The maximum Gasteiger partial charge on any atom is 0.0440 e. The summed E-state index contributed by atoms with van der Waals surface area (Å²) in [5, 5.41) is 4.24. The fourth-order valence-corrected chi connectivity index (χ4v) is 1.93. The molecule has 0 aromatic heterocycles. The Bertz CT molecular complexity index is 297. The Balaban J connectivity index is 2.31. The highest BCUT2D eigenvalue weighted by molar-refractivity contribution is 6.31. The van der Waals surface area contributed by atoms with Crippen molar-refractivity contribution >= 4 is 11.6 Å². The van der Waals surface area contributed by atoms with E-state index in [4.69, 9.17) is 11.6 Å². The number of nitrogens with one attached hydrogen (secondary N) is 1. The van der Waals surface area contributed by atoms with Crippen LogP contribution in [0.3, 0.4) is 0 Å². The first-order valence-corrected chi connectivity index (χ1v) is 6.07. The standard InChI is InChI=1S/C13H20ClN/c1-3-15-9-5-4-6-12-8-7-11(2)10-13(12)14/h7-8,10,15H,3-6,9H2,1-2H3. The van der Waals surface area contributed by atoms with Crippen molar-refractivity contribution in [2.75, 3.05) is 13.1 Å². The van der Waals surface area contributed by atoms with Crippen LogP contribution in [-0.4, -0.2) is 13.1 Å². The summed E-state index contributed by atoms with van der Waals surface area (Å²) in [4.78, 5) is 0. The fourth-order valence-electron chi connectivity index (χ4n) is 1.60. The molecule has 0 aliphatic rings. The molecule has 0 saturated heterocycles. The van der Waals surface area contributed by atoms with Crippen molar-refractivity contribution in [3.05, 3.63) is 34.3 Å². The number of hydrogen-bond acceptors (Lipinski definition) is 1. The average Bonchev–Trinajstić information content (AvgIpc) is 2.20. The molecular formula is C13H20ClN. The zero-order valence-corrected chi connectivity index (χ0v) is 10.4. The first kappa shape index (κ1) is 12.5. The van der Waals surface area contributed by atoms with Gasteiger partial charge in [0, 0.05) is 5.02 Å². The summed E-state index contributed by atoms with van der Waals surface area (Å²) in [6.45, 7) is 6.38. The largest absolute Gasteiger partial charge is 0.317 e. The highest BCUT2D eigenvalue weighted by Crippen LogP contribution is 2.19. The third-order valence-electron chi connectivity index (χ3n) is 2.51. The van der Waals surface area contributed by atoms with Crippen molar-refractivity contribution in [3.8, 4) is 0 Å². The summed E-state index contributed by atoms with van der Waals surface area (Å²) in [6.07, 6.45) is 3.51. The van der Waals surface area contributed by atoms with Crippen molar-refractivity contribution in [1.82, 2.24) is 5.32 Å². The predicted octanol–water partition coefficient (Wildman–Crippen LogP) is 3.58. The van der Waals surface area contributed by atoms with Crippen LogP contribution in [0.15, 0.2) is 18.2 Å². The molecule has 1 aromatic carbocycles. The summed E-state index contributed by atoms with van der Waals surface area (Å²) in [7, 11) is 0. The minimum atomic E-state index is 0.915. The Morgan fingerprint density at radius 3 is 2.73 bits per heavy atom. The topological polar surface area (TPSA) is 12.0 Å². The highest BCUT2D eigenvalue weighted by Gasteiger charge is 1.99. The minimum Gasteiger partial charge on any atom is -0.317 e. The number of benzene rings is 1. The van der Waals surface area contributed by atoms with Crippen LogP contribution in [0.25, 0.3) is 0 Å². The van der Waals surface area contributed by atoms with E-state index in [9.17, 15) is 0 Å². The smallest absolute Gasteiger partial charge is 0.0440 e. The molecule has 0 bridgehead atoms. The highest BCUT2D eigenvalue weighted by atomic mass is 35.5. The van der Waals surface area contributed by atoms with Crippen LogP contribution in [0.2, 0.25) is 5.02 Å². The van der Waals surface area contributed by atoms with Gasteiger partial charge in [0.2, 0.25) is 0 Å². The number of halogens is 1. The van der Waals surface area contributed by atoms with E-state index in [-0.39, 0.29) is 0 Å². The van der Waals surface area contributed by atoms with Gasteiger partial charge < -0.3 is 5.32 Å². The molecule has 0 aliphatic heterocycles. The Morgan fingerprint density at radius 1 is 1.27 bits per heavy atom. The molecule has 1 aromatic rings. The van der Waals surface area contributed by atoms with Crippen molar-refractivity contribution in [2.24, 2.45) is 0 Å². The molecule has 0 atom stereocenters. The van der Waals surface area contributed by atoms with Crippen LogP contribution in [-0.2, 0) is 6.42 Å². The molecule has 1 rings (SSSR count). The number of unbranched alkanes of at least 4 members (excludes halogenated alkanes) is 1. The summed E-state index contributed by atoms with van der Waals surface area (Å²) < 4.78 is 0. The molecule has 0 fully saturated rings. The maximum absolute atomic E-state index is 6.15. The van der Waals surface area contributed by atoms with Crippen molar-refractivity contribution in [1.29, 1.82) is 0 Å². The van der Waals surface area contributed by atoms with E-state index in [0.29, 0.717) is 0 Å². The molecule has 0 amide bonds. The second kappa shape index (κ2) is 6.86. The van der Waals surface area contributed by atoms with Gasteiger partial charge in [0.25, 0.3) is 0 Å². The minimum absolute atomic E-state index is 0.915. The van der Waals surface area contributed by atoms with Crippen molar-refractivity contribution in [3.63, 3.8) is 0 Å². The van der Waals surface area contributed by atoms with Gasteiger partial charge in [0.1, 0.15) is 0 Å². The molecule has 0 unspecified atom stereocenters. The van der Waals surface area contributed by atoms with E-state index in [0.717, 1.165) is 24.5 Å². The Hall–Kier alpha value is -0.530. The molecule has 0 aliphatic carbocycles. The zero-order valence-electron chi connectivity index (χ0n) is 9.65. The van der Waals surface area contributed by atoms with Gasteiger partial charge in [0.05, 0.1) is 0 Å². The Morgan fingerprint density at radius 2 is 2.07 bits per heavy atom. The molecule has 0 saturated carbocycles. The van der Waals surface area contributed by atoms with E-state index < -0.39 is 0 Å². The van der Waals surface area contributed by atoms with Crippen molar-refractivity contribution in [2.45, 2.75) is 33.1 Å². The third kappa shape index (κ3) is 4.67. The molecule has 0 heterocycles. The quantitative estimate of drug-likeness (QED) is 0.730. The molecule has 1 nitrogen and oxygen atoms in total. The van der Waals surface area contributed by atoms with Gasteiger partial charge in [0.15, 0.2) is 0 Å². The van der Waals surface area contributed by atoms with Crippen LogP contribution < -0.4 is 5.32 Å². The monoisotopic (exact) mass is 225 g/mol.